The van der Waals surface area contributed by atoms with Gasteiger partial charge in [0.25, 0.3) is 0 Å². The molecule has 0 unspecified atom stereocenters. The molecular formula is C15H21ClO4. The SMILES string of the molecule is CC.Cc1cc(C(=O)OC(C)(C)C)c(C(=O)O)cc1Cl. The second-order valence-corrected chi connectivity index (χ2v) is 5.36. The number of rotatable bonds is 2. The number of aromatic carboxylic acids is 1. The number of hydrogen-bond donors (Lipinski definition) is 1. The lowest BCUT2D eigenvalue weighted by Crippen LogP contribution is -2.25. The minimum Gasteiger partial charge on any atom is -0.478 e. The van der Waals surface area contributed by atoms with Gasteiger partial charge in [0, 0.05) is 5.02 Å². The van der Waals surface area contributed by atoms with Gasteiger partial charge in [0.1, 0.15) is 5.60 Å². The Balaban J connectivity index is 0.00000172. The van der Waals surface area contributed by atoms with Gasteiger partial charge in [-0.25, -0.2) is 9.59 Å². The molecule has 0 aliphatic rings. The monoisotopic (exact) mass is 300 g/mol. The van der Waals surface area contributed by atoms with Crippen molar-refractivity contribution in [1.82, 2.24) is 0 Å². The van der Waals surface area contributed by atoms with Gasteiger partial charge in [-0.1, -0.05) is 25.4 Å². The Hall–Kier alpha value is -1.55. The fourth-order valence-electron chi connectivity index (χ4n) is 1.36. The molecular weight excluding hydrogens is 280 g/mol. The van der Waals surface area contributed by atoms with E-state index in [4.69, 9.17) is 21.4 Å². The predicted molar refractivity (Wildman–Crippen MR) is 79.7 cm³/mol. The van der Waals surface area contributed by atoms with Gasteiger partial charge in [0.05, 0.1) is 11.1 Å². The van der Waals surface area contributed by atoms with Crippen LogP contribution in [0.2, 0.25) is 5.02 Å². The number of carbonyl (C=O) groups excluding carboxylic acids is 1. The molecule has 0 aliphatic carbocycles. The van der Waals surface area contributed by atoms with E-state index in [0.717, 1.165) is 0 Å². The minimum atomic E-state index is -1.21. The summed E-state index contributed by atoms with van der Waals surface area (Å²) in [6, 6.07) is 2.69. The van der Waals surface area contributed by atoms with Gasteiger partial charge >= 0.3 is 11.9 Å². The normalized spacial score (nSPS) is 10.3. The van der Waals surface area contributed by atoms with Crippen LogP contribution in [0.3, 0.4) is 0 Å². The molecule has 0 saturated carbocycles. The van der Waals surface area contributed by atoms with Gasteiger partial charge in [-0.05, 0) is 45.4 Å². The highest BCUT2D eigenvalue weighted by Gasteiger charge is 2.23. The smallest absolute Gasteiger partial charge is 0.339 e. The van der Waals surface area contributed by atoms with Gasteiger partial charge in [-0.15, -0.1) is 0 Å². The zero-order valence-electron chi connectivity index (χ0n) is 12.7. The molecule has 5 heteroatoms. The summed E-state index contributed by atoms with van der Waals surface area (Å²) in [4.78, 5) is 23.0. The molecule has 0 saturated heterocycles. The molecule has 0 amide bonds. The highest BCUT2D eigenvalue weighted by Crippen LogP contribution is 2.23. The summed E-state index contributed by atoms with van der Waals surface area (Å²) in [5.41, 5.74) is -0.192. The van der Waals surface area contributed by atoms with Crippen molar-refractivity contribution in [3.8, 4) is 0 Å². The van der Waals surface area contributed by atoms with Gasteiger partial charge in [-0.2, -0.15) is 0 Å². The van der Waals surface area contributed by atoms with Crippen molar-refractivity contribution >= 4 is 23.5 Å². The fraction of sp³-hybridized carbons (Fsp3) is 0.467. The molecule has 1 aromatic carbocycles. The summed E-state index contributed by atoms with van der Waals surface area (Å²) in [5.74, 6) is -1.88. The van der Waals surface area contributed by atoms with Gasteiger partial charge in [0.2, 0.25) is 0 Å². The van der Waals surface area contributed by atoms with Crippen LogP contribution in [0.1, 0.15) is 60.9 Å². The largest absolute Gasteiger partial charge is 0.478 e. The highest BCUT2D eigenvalue weighted by molar-refractivity contribution is 6.32. The third-order valence-corrected chi connectivity index (χ3v) is 2.56. The Bertz CT molecular complexity index is 501. The molecule has 0 bridgehead atoms. The van der Waals surface area contributed by atoms with Crippen molar-refractivity contribution in [1.29, 1.82) is 0 Å². The van der Waals surface area contributed by atoms with Crippen LogP contribution in [0.25, 0.3) is 0 Å². The van der Waals surface area contributed by atoms with E-state index in [1.54, 1.807) is 27.7 Å². The number of esters is 1. The maximum atomic E-state index is 11.9. The molecule has 0 radical (unpaired) electrons. The van der Waals surface area contributed by atoms with Crippen LogP contribution in [0, 0.1) is 6.92 Å². The number of carboxylic acids is 1. The molecule has 1 N–H and O–H groups in total. The molecule has 112 valence electrons. The molecule has 1 aromatic rings. The van der Waals surface area contributed by atoms with Crippen LogP contribution < -0.4 is 0 Å². The molecule has 4 nitrogen and oxygen atoms in total. The van der Waals surface area contributed by atoms with Gasteiger partial charge < -0.3 is 9.84 Å². The number of halogens is 1. The molecule has 0 aromatic heterocycles. The van der Waals surface area contributed by atoms with Crippen LogP contribution in [-0.2, 0) is 4.74 Å². The maximum Gasteiger partial charge on any atom is 0.339 e. The van der Waals surface area contributed by atoms with Crippen LogP contribution >= 0.6 is 11.6 Å². The third-order valence-electron chi connectivity index (χ3n) is 2.15. The first-order valence-corrected chi connectivity index (χ1v) is 6.76. The average molecular weight is 301 g/mol. The van der Waals surface area contributed by atoms with Crippen LogP contribution in [0.15, 0.2) is 12.1 Å². The van der Waals surface area contributed by atoms with Crippen molar-refractivity contribution in [3.63, 3.8) is 0 Å². The summed E-state index contributed by atoms with van der Waals surface area (Å²) in [6.45, 7) is 10.8. The van der Waals surface area contributed by atoms with E-state index >= 15 is 0 Å². The first-order valence-electron chi connectivity index (χ1n) is 6.38. The number of ether oxygens (including phenoxy) is 1. The Morgan fingerprint density at radius 1 is 1.15 bits per heavy atom. The summed E-state index contributed by atoms with van der Waals surface area (Å²) >= 11 is 5.85. The predicted octanol–water partition coefficient (Wildman–Crippen LogP) is 4.33. The Labute approximate surface area is 124 Å². The second-order valence-electron chi connectivity index (χ2n) is 4.95. The topological polar surface area (TPSA) is 63.6 Å². The molecule has 0 aliphatic heterocycles. The van der Waals surface area contributed by atoms with E-state index in [1.807, 2.05) is 13.8 Å². The average Bonchev–Trinajstić information content (AvgIpc) is 2.32. The van der Waals surface area contributed by atoms with Gasteiger partial charge in [0.15, 0.2) is 0 Å². The summed E-state index contributed by atoms with van der Waals surface area (Å²) in [5, 5.41) is 9.37. The first-order chi connectivity index (χ1) is 9.11. The number of hydrogen-bond acceptors (Lipinski definition) is 3. The Morgan fingerprint density at radius 3 is 2.05 bits per heavy atom. The number of aryl methyl sites for hydroxylation is 1. The molecule has 0 fully saturated rings. The van der Waals surface area contributed by atoms with Crippen LogP contribution in [-0.4, -0.2) is 22.6 Å². The zero-order valence-corrected chi connectivity index (χ0v) is 13.5. The lowest BCUT2D eigenvalue weighted by atomic mass is 10.0. The fourth-order valence-corrected chi connectivity index (χ4v) is 1.52. The van der Waals surface area contributed by atoms with Crippen molar-refractivity contribution < 1.29 is 19.4 Å². The second kappa shape index (κ2) is 7.29. The van der Waals surface area contributed by atoms with Gasteiger partial charge in [-0.3, -0.25) is 0 Å². The van der Waals surface area contributed by atoms with Crippen molar-refractivity contribution in [2.24, 2.45) is 0 Å². The molecule has 0 heterocycles. The molecule has 20 heavy (non-hydrogen) atoms. The highest BCUT2D eigenvalue weighted by atomic mass is 35.5. The number of carbonyl (C=O) groups is 2. The summed E-state index contributed by atoms with van der Waals surface area (Å²) < 4.78 is 5.16. The Morgan fingerprint density at radius 2 is 1.65 bits per heavy atom. The van der Waals surface area contributed by atoms with E-state index in [1.165, 1.54) is 12.1 Å². The lowest BCUT2D eigenvalue weighted by Gasteiger charge is -2.20. The third kappa shape index (κ3) is 5.21. The molecule has 0 spiro atoms. The van der Waals surface area contributed by atoms with E-state index in [2.05, 4.69) is 0 Å². The van der Waals surface area contributed by atoms with E-state index in [-0.39, 0.29) is 11.1 Å². The first kappa shape index (κ1) is 18.4. The number of carboxylic acid groups (broad SMARTS) is 1. The molecule has 1 rings (SSSR count). The standard InChI is InChI=1S/C13H15ClO4.C2H6/c1-7-5-9(12(17)18-13(2,3)4)8(11(15)16)6-10(7)14;1-2/h5-6H,1-4H3,(H,15,16);1-2H3. The lowest BCUT2D eigenvalue weighted by molar-refractivity contribution is 0.00657. The summed E-state index contributed by atoms with van der Waals surface area (Å²) in [7, 11) is 0. The number of benzene rings is 1. The quantitative estimate of drug-likeness (QED) is 0.826. The van der Waals surface area contributed by atoms with Crippen molar-refractivity contribution in [2.45, 2.75) is 47.1 Å². The van der Waals surface area contributed by atoms with E-state index < -0.39 is 17.5 Å². The van der Waals surface area contributed by atoms with Crippen LogP contribution in [0.5, 0.6) is 0 Å². The van der Waals surface area contributed by atoms with E-state index in [9.17, 15) is 9.59 Å². The summed E-state index contributed by atoms with van der Waals surface area (Å²) in [6.07, 6.45) is 0. The molecule has 0 atom stereocenters. The minimum absolute atomic E-state index is 0.0133. The maximum absolute atomic E-state index is 11.9. The van der Waals surface area contributed by atoms with Crippen molar-refractivity contribution in [2.75, 3.05) is 0 Å². The van der Waals surface area contributed by atoms with E-state index in [0.29, 0.717) is 10.6 Å². The Kier molecular flexibility index (Phi) is 6.73. The zero-order chi connectivity index (χ0) is 16.1. The van der Waals surface area contributed by atoms with Crippen LogP contribution in [0.4, 0.5) is 0 Å². The van der Waals surface area contributed by atoms with Crippen molar-refractivity contribution in [3.05, 3.63) is 33.8 Å².